The van der Waals surface area contributed by atoms with E-state index in [0.717, 1.165) is 42.4 Å². The molecule has 0 bridgehead atoms. The monoisotopic (exact) mass is 306 g/mol. The van der Waals surface area contributed by atoms with Crippen LogP contribution in [0, 0.1) is 29.6 Å². The fraction of sp³-hybridized carbons (Fsp3) is 0.333. The molecule has 3 rings (SSSR count). The number of fused-ring (bicyclic) bond motifs is 1. The molecule has 1 aromatic heterocycles. The average Bonchev–Trinajstić information content (AvgIpc) is 3.06. The second kappa shape index (κ2) is 7.00. The van der Waals surface area contributed by atoms with Crippen molar-refractivity contribution < 1.29 is 4.79 Å². The van der Waals surface area contributed by atoms with Gasteiger partial charge in [-0.1, -0.05) is 11.8 Å². The number of aromatic amines is 1. The minimum atomic E-state index is 0.0193. The van der Waals surface area contributed by atoms with Gasteiger partial charge in [-0.25, -0.2) is 0 Å². The molecule has 1 saturated heterocycles. The molecule has 0 radical (unpaired) electrons. The molecular weight excluding hydrogens is 288 g/mol. The normalized spacial score (nSPS) is 14.7. The zero-order chi connectivity index (χ0) is 16.1. The van der Waals surface area contributed by atoms with E-state index in [-0.39, 0.29) is 12.5 Å². The molecular formula is C18H18N4O. The summed E-state index contributed by atoms with van der Waals surface area (Å²) < 4.78 is 0. The fourth-order valence-corrected chi connectivity index (χ4v) is 2.66. The van der Waals surface area contributed by atoms with Crippen molar-refractivity contribution in [3.05, 3.63) is 30.0 Å². The van der Waals surface area contributed by atoms with Gasteiger partial charge in [-0.05, 0) is 42.9 Å². The standard InChI is InChI=1S/C18H18N4O/c19-12-18(23)22-9-7-14(8-10-22)3-1-2-4-15-5-6-17-16(11-15)13-20-21-17/h5-6,11,13-14H,7-10,12,19H2,(H,20,21). The van der Waals surface area contributed by atoms with E-state index in [2.05, 4.69) is 33.9 Å². The highest BCUT2D eigenvalue weighted by atomic mass is 16.2. The number of nitrogens with one attached hydrogen (secondary N) is 1. The minimum Gasteiger partial charge on any atom is -0.342 e. The van der Waals surface area contributed by atoms with E-state index in [1.54, 1.807) is 6.20 Å². The molecule has 2 aromatic rings. The molecule has 1 fully saturated rings. The second-order valence-electron chi connectivity index (χ2n) is 5.55. The first-order valence-corrected chi connectivity index (χ1v) is 7.69. The molecule has 0 unspecified atom stereocenters. The zero-order valence-electron chi connectivity index (χ0n) is 12.8. The Kier molecular flexibility index (Phi) is 4.61. The Morgan fingerprint density at radius 2 is 2.17 bits per heavy atom. The van der Waals surface area contributed by atoms with Gasteiger partial charge in [0.15, 0.2) is 0 Å². The van der Waals surface area contributed by atoms with Crippen LogP contribution < -0.4 is 5.73 Å². The van der Waals surface area contributed by atoms with Crippen molar-refractivity contribution in [1.29, 1.82) is 0 Å². The highest BCUT2D eigenvalue weighted by Crippen LogP contribution is 2.16. The summed E-state index contributed by atoms with van der Waals surface area (Å²) in [5, 5.41) is 7.94. The van der Waals surface area contributed by atoms with Gasteiger partial charge < -0.3 is 10.6 Å². The third kappa shape index (κ3) is 3.71. The maximum absolute atomic E-state index is 11.5. The molecule has 0 saturated carbocycles. The summed E-state index contributed by atoms with van der Waals surface area (Å²) in [5.74, 6) is 12.4. The number of rotatable bonds is 1. The Balaban J connectivity index is 1.57. The van der Waals surface area contributed by atoms with Crippen LogP contribution in [0.2, 0.25) is 0 Å². The number of H-pyrrole nitrogens is 1. The van der Waals surface area contributed by atoms with Crippen molar-refractivity contribution in [2.45, 2.75) is 12.8 Å². The van der Waals surface area contributed by atoms with Gasteiger partial charge in [-0.15, -0.1) is 0 Å². The van der Waals surface area contributed by atoms with Crippen LogP contribution in [0.25, 0.3) is 10.9 Å². The fourth-order valence-electron chi connectivity index (χ4n) is 2.66. The molecule has 116 valence electrons. The number of piperidine rings is 1. The van der Waals surface area contributed by atoms with E-state index in [1.165, 1.54) is 0 Å². The van der Waals surface area contributed by atoms with Crippen LogP contribution in [0.1, 0.15) is 18.4 Å². The molecule has 1 aromatic carbocycles. The van der Waals surface area contributed by atoms with E-state index >= 15 is 0 Å². The zero-order valence-corrected chi connectivity index (χ0v) is 12.8. The van der Waals surface area contributed by atoms with Gasteiger partial charge in [0.2, 0.25) is 5.91 Å². The maximum atomic E-state index is 11.5. The molecule has 5 heteroatoms. The van der Waals surface area contributed by atoms with Crippen molar-refractivity contribution in [1.82, 2.24) is 15.1 Å². The summed E-state index contributed by atoms with van der Waals surface area (Å²) in [7, 11) is 0. The quantitative estimate of drug-likeness (QED) is 0.775. The van der Waals surface area contributed by atoms with Crippen LogP contribution in [0.15, 0.2) is 24.4 Å². The van der Waals surface area contributed by atoms with Crippen molar-refractivity contribution in [2.75, 3.05) is 19.6 Å². The SMILES string of the molecule is NCC(=O)N1CCC(C#CC#Cc2ccc3[nH]ncc3c2)CC1. The molecule has 23 heavy (non-hydrogen) atoms. The lowest BCUT2D eigenvalue weighted by Crippen LogP contribution is -2.41. The minimum absolute atomic E-state index is 0.0193. The molecule has 1 aliphatic rings. The molecule has 5 nitrogen and oxygen atoms in total. The van der Waals surface area contributed by atoms with Crippen LogP contribution in [0.4, 0.5) is 0 Å². The highest BCUT2D eigenvalue weighted by molar-refractivity contribution is 5.79. The summed E-state index contributed by atoms with van der Waals surface area (Å²) in [6.45, 7) is 1.56. The van der Waals surface area contributed by atoms with Gasteiger partial charge in [-0.3, -0.25) is 9.89 Å². The molecule has 0 atom stereocenters. The van der Waals surface area contributed by atoms with Gasteiger partial charge in [0, 0.05) is 30.0 Å². The van der Waals surface area contributed by atoms with Crippen molar-refractivity contribution in [2.24, 2.45) is 11.7 Å². The molecule has 1 amide bonds. The maximum Gasteiger partial charge on any atom is 0.236 e. The lowest BCUT2D eigenvalue weighted by Gasteiger charge is -2.29. The summed E-state index contributed by atoms with van der Waals surface area (Å²) in [6.07, 6.45) is 3.56. The predicted molar refractivity (Wildman–Crippen MR) is 89.1 cm³/mol. The van der Waals surface area contributed by atoms with Crippen LogP contribution in [0.5, 0.6) is 0 Å². The number of nitrogens with two attached hydrogens (primary N) is 1. The predicted octanol–water partition coefficient (Wildman–Crippen LogP) is 1.12. The van der Waals surface area contributed by atoms with E-state index in [4.69, 9.17) is 5.73 Å². The van der Waals surface area contributed by atoms with Crippen molar-refractivity contribution >= 4 is 16.8 Å². The highest BCUT2D eigenvalue weighted by Gasteiger charge is 2.20. The molecule has 2 heterocycles. The number of likely N-dealkylation sites (tertiary alicyclic amines) is 1. The van der Waals surface area contributed by atoms with Gasteiger partial charge in [-0.2, -0.15) is 5.10 Å². The van der Waals surface area contributed by atoms with Gasteiger partial charge in [0.1, 0.15) is 0 Å². The first-order valence-electron chi connectivity index (χ1n) is 7.69. The Morgan fingerprint density at radius 1 is 1.35 bits per heavy atom. The molecule has 0 spiro atoms. The third-order valence-corrected chi connectivity index (χ3v) is 4.01. The van der Waals surface area contributed by atoms with E-state index in [0.29, 0.717) is 5.92 Å². The van der Waals surface area contributed by atoms with E-state index < -0.39 is 0 Å². The van der Waals surface area contributed by atoms with Crippen LogP contribution >= 0.6 is 0 Å². The van der Waals surface area contributed by atoms with Gasteiger partial charge >= 0.3 is 0 Å². The summed E-state index contributed by atoms with van der Waals surface area (Å²) in [4.78, 5) is 13.3. The third-order valence-electron chi connectivity index (χ3n) is 4.01. The van der Waals surface area contributed by atoms with E-state index in [9.17, 15) is 4.79 Å². The van der Waals surface area contributed by atoms with Gasteiger partial charge in [0.05, 0.1) is 18.3 Å². The number of nitrogens with zero attached hydrogens (tertiary/aromatic N) is 2. The Bertz CT molecular complexity index is 823. The number of benzene rings is 1. The lowest BCUT2D eigenvalue weighted by atomic mass is 9.97. The number of carbonyl (C=O) groups excluding carboxylic acids is 1. The lowest BCUT2D eigenvalue weighted by molar-refractivity contribution is -0.130. The largest absolute Gasteiger partial charge is 0.342 e. The van der Waals surface area contributed by atoms with Crippen molar-refractivity contribution in [3.63, 3.8) is 0 Å². The molecule has 3 N–H and O–H groups in total. The Morgan fingerprint density at radius 3 is 2.96 bits per heavy atom. The Hall–Kier alpha value is -2.76. The van der Waals surface area contributed by atoms with E-state index in [1.807, 2.05) is 23.1 Å². The van der Waals surface area contributed by atoms with Crippen LogP contribution in [-0.2, 0) is 4.79 Å². The molecule has 0 aliphatic carbocycles. The number of hydrogen-bond acceptors (Lipinski definition) is 3. The van der Waals surface area contributed by atoms with Gasteiger partial charge in [0.25, 0.3) is 0 Å². The molecule has 1 aliphatic heterocycles. The summed E-state index contributed by atoms with van der Waals surface area (Å²) in [6, 6.07) is 5.90. The Labute approximate surface area is 135 Å². The average molecular weight is 306 g/mol. The van der Waals surface area contributed by atoms with Crippen LogP contribution in [-0.4, -0.2) is 40.6 Å². The first-order chi connectivity index (χ1) is 11.3. The first kappa shape index (κ1) is 15.1. The topological polar surface area (TPSA) is 75.0 Å². The number of amides is 1. The number of hydrogen-bond donors (Lipinski definition) is 2. The van der Waals surface area contributed by atoms with Crippen molar-refractivity contribution in [3.8, 4) is 23.7 Å². The summed E-state index contributed by atoms with van der Waals surface area (Å²) in [5.41, 5.74) is 7.30. The smallest absolute Gasteiger partial charge is 0.236 e. The summed E-state index contributed by atoms with van der Waals surface area (Å²) >= 11 is 0. The number of carbonyl (C=O) groups is 1. The number of aromatic nitrogens is 2. The second-order valence-corrected chi connectivity index (χ2v) is 5.55. The van der Waals surface area contributed by atoms with Crippen LogP contribution in [0.3, 0.4) is 0 Å².